The van der Waals surface area contributed by atoms with Gasteiger partial charge in [-0.25, -0.2) is 8.78 Å². The molecule has 1 heterocycles. The second-order valence-corrected chi connectivity index (χ2v) is 6.41. The number of hydrogen-bond donors (Lipinski definition) is 1. The third kappa shape index (κ3) is 2.82. The molecule has 0 fully saturated rings. The molecule has 1 atom stereocenters. The monoisotopic (exact) mass is 395 g/mol. The van der Waals surface area contributed by atoms with Crippen molar-refractivity contribution < 1.29 is 8.78 Å². The zero-order chi connectivity index (χ0) is 13.3. The summed E-state index contributed by atoms with van der Waals surface area (Å²) in [5, 5.41) is 1.95. The van der Waals surface area contributed by atoms with Crippen LogP contribution >= 0.6 is 43.2 Å². The van der Waals surface area contributed by atoms with Gasteiger partial charge in [0.15, 0.2) is 11.6 Å². The lowest BCUT2D eigenvalue weighted by Crippen LogP contribution is -2.14. The predicted molar refractivity (Wildman–Crippen MR) is 76.7 cm³/mol. The van der Waals surface area contributed by atoms with E-state index in [9.17, 15) is 8.78 Å². The number of nitrogens with two attached hydrogens (primary N) is 1. The van der Waals surface area contributed by atoms with Gasteiger partial charge < -0.3 is 5.73 Å². The second kappa shape index (κ2) is 5.77. The van der Waals surface area contributed by atoms with E-state index in [0.717, 1.165) is 15.4 Å². The molecule has 0 aliphatic heterocycles. The molecule has 0 spiro atoms. The maximum atomic E-state index is 13.4. The second-order valence-electron chi connectivity index (χ2n) is 3.77. The summed E-state index contributed by atoms with van der Waals surface area (Å²) in [5.41, 5.74) is 6.61. The van der Waals surface area contributed by atoms with Crippen LogP contribution in [0, 0.1) is 11.6 Å². The topological polar surface area (TPSA) is 26.0 Å². The third-order valence-electron chi connectivity index (χ3n) is 2.56. The molecule has 0 radical (unpaired) electrons. The van der Waals surface area contributed by atoms with Crippen molar-refractivity contribution in [3.8, 4) is 0 Å². The van der Waals surface area contributed by atoms with Crippen LogP contribution in [-0.2, 0) is 6.42 Å². The summed E-state index contributed by atoms with van der Waals surface area (Å²) in [5.74, 6) is -1.77. The Morgan fingerprint density at radius 3 is 2.56 bits per heavy atom. The molecular weight excluding hydrogens is 388 g/mol. The van der Waals surface area contributed by atoms with Crippen molar-refractivity contribution in [3.05, 3.63) is 54.6 Å². The maximum absolute atomic E-state index is 13.4. The van der Waals surface area contributed by atoms with Gasteiger partial charge in [0.2, 0.25) is 0 Å². The highest BCUT2D eigenvalue weighted by atomic mass is 79.9. The van der Waals surface area contributed by atoms with E-state index >= 15 is 0 Å². The molecule has 0 saturated heterocycles. The van der Waals surface area contributed by atoms with E-state index in [1.807, 2.05) is 11.4 Å². The highest BCUT2D eigenvalue weighted by Crippen LogP contribution is 2.31. The van der Waals surface area contributed by atoms with Crippen molar-refractivity contribution in [2.45, 2.75) is 12.5 Å². The number of halogens is 4. The lowest BCUT2D eigenvalue weighted by atomic mass is 10.0. The van der Waals surface area contributed by atoms with Crippen molar-refractivity contribution in [2.24, 2.45) is 5.73 Å². The summed E-state index contributed by atoms with van der Waals surface area (Å²) < 4.78 is 27.5. The molecule has 6 heteroatoms. The number of hydrogen-bond acceptors (Lipinski definition) is 2. The van der Waals surface area contributed by atoms with Crippen molar-refractivity contribution >= 4 is 43.2 Å². The van der Waals surface area contributed by atoms with E-state index in [2.05, 4.69) is 31.9 Å². The van der Waals surface area contributed by atoms with Crippen LogP contribution in [0.2, 0.25) is 0 Å². The molecule has 0 aliphatic carbocycles. The molecule has 0 aliphatic rings. The van der Waals surface area contributed by atoms with Gasteiger partial charge in [0.1, 0.15) is 0 Å². The van der Waals surface area contributed by atoms with Crippen molar-refractivity contribution in [1.82, 2.24) is 0 Å². The Hall–Kier alpha value is -0.300. The average molecular weight is 397 g/mol. The molecule has 0 saturated carbocycles. The van der Waals surface area contributed by atoms with Crippen LogP contribution in [-0.4, -0.2) is 0 Å². The van der Waals surface area contributed by atoms with E-state index < -0.39 is 11.6 Å². The molecular formula is C12H9Br2F2NS. The minimum absolute atomic E-state index is 0.0997. The Kier molecular flexibility index (Phi) is 4.53. The summed E-state index contributed by atoms with van der Waals surface area (Å²) in [4.78, 5) is 1.08. The Balaban J connectivity index is 2.27. The lowest BCUT2D eigenvalue weighted by Gasteiger charge is -2.14. The summed E-state index contributed by atoms with van der Waals surface area (Å²) >= 11 is 8.05. The Bertz CT molecular complexity index is 571. The summed E-state index contributed by atoms with van der Waals surface area (Å²) in [6, 6.07) is 4.16. The van der Waals surface area contributed by atoms with Crippen LogP contribution < -0.4 is 5.73 Å². The largest absolute Gasteiger partial charge is 0.324 e. The van der Waals surface area contributed by atoms with Gasteiger partial charge in [-0.05, 0) is 54.9 Å². The maximum Gasteiger partial charge on any atom is 0.173 e. The zero-order valence-corrected chi connectivity index (χ0v) is 13.1. The van der Waals surface area contributed by atoms with Crippen molar-refractivity contribution in [1.29, 1.82) is 0 Å². The molecule has 2 N–H and O–H groups in total. The lowest BCUT2D eigenvalue weighted by molar-refractivity contribution is 0.500. The van der Waals surface area contributed by atoms with Gasteiger partial charge >= 0.3 is 0 Å². The van der Waals surface area contributed by atoms with E-state index in [1.165, 1.54) is 6.07 Å². The fourth-order valence-corrected chi connectivity index (χ4v) is 3.80. The zero-order valence-electron chi connectivity index (χ0n) is 9.09. The third-order valence-corrected chi connectivity index (χ3v) is 5.32. The fraction of sp³-hybridized carbons (Fsp3) is 0.167. The van der Waals surface area contributed by atoms with Gasteiger partial charge in [0, 0.05) is 21.8 Å². The van der Waals surface area contributed by atoms with Gasteiger partial charge in [-0.3, -0.25) is 0 Å². The molecule has 0 amide bonds. The highest BCUT2D eigenvalue weighted by Gasteiger charge is 2.17. The quantitative estimate of drug-likeness (QED) is 0.741. The molecule has 0 bridgehead atoms. The average Bonchev–Trinajstić information content (AvgIpc) is 2.72. The standard InChI is InChI=1S/C12H9Br2F2NS/c13-7-3-4-18-10(7)5-9(17)6-1-2-8(15)12(16)11(6)14/h1-4,9H,5,17H2. The smallest absolute Gasteiger partial charge is 0.173 e. The molecule has 96 valence electrons. The first-order chi connectivity index (χ1) is 8.50. The first kappa shape index (κ1) is 14.1. The van der Waals surface area contributed by atoms with Crippen LogP contribution in [0.5, 0.6) is 0 Å². The molecule has 1 unspecified atom stereocenters. The van der Waals surface area contributed by atoms with Crippen LogP contribution in [0.25, 0.3) is 0 Å². The summed E-state index contributed by atoms with van der Waals surface area (Å²) in [6.45, 7) is 0. The van der Waals surface area contributed by atoms with Crippen molar-refractivity contribution in [3.63, 3.8) is 0 Å². The normalized spacial score (nSPS) is 12.7. The summed E-state index contributed by atoms with van der Waals surface area (Å²) in [6.07, 6.45) is 0.571. The van der Waals surface area contributed by atoms with Gasteiger partial charge in [-0.2, -0.15) is 0 Å². The van der Waals surface area contributed by atoms with Crippen LogP contribution in [0.4, 0.5) is 8.78 Å². The Morgan fingerprint density at radius 2 is 1.94 bits per heavy atom. The van der Waals surface area contributed by atoms with Crippen molar-refractivity contribution in [2.75, 3.05) is 0 Å². The van der Waals surface area contributed by atoms with Gasteiger partial charge in [0.25, 0.3) is 0 Å². The molecule has 2 aromatic rings. The number of thiophene rings is 1. The Labute approximate surface area is 124 Å². The van der Waals surface area contributed by atoms with E-state index in [1.54, 1.807) is 11.3 Å². The van der Waals surface area contributed by atoms with Gasteiger partial charge in [0.05, 0.1) is 4.47 Å². The number of rotatable bonds is 3. The Morgan fingerprint density at radius 1 is 1.22 bits per heavy atom. The number of benzene rings is 1. The SMILES string of the molecule is NC(Cc1sccc1Br)c1ccc(F)c(F)c1Br. The molecule has 1 aromatic heterocycles. The van der Waals surface area contributed by atoms with Crippen LogP contribution in [0.15, 0.2) is 32.5 Å². The molecule has 2 rings (SSSR count). The van der Waals surface area contributed by atoms with Crippen LogP contribution in [0.1, 0.15) is 16.5 Å². The highest BCUT2D eigenvalue weighted by molar-refractivity contribution is 9.10. The molecule has 1 aromatic carbocycles. The fourth-order valence-electron chi connectivity index (χ4n) is 1.61. The van der Waals surface area contributed by atoms with Gasteiger partial charge in [-0.1, -0.05) is 6.07 Å². The predicted octanol–water partition coefficient (Wildman–Crippen LogP) is 4.79. The molecule has 18 heavy (non-hydrogen) atoms. The van der Waals surface area contributed by atoms with E-state index in [-0.39, 0.29) is 10.5 Å². The first-order valence-electron chi connectivity index (χ1n) is 5.11. The van der Waals surface area contributed by atoms with E-state index in [0.29, 0.717) is 12.0 Å². The van der Waals surface area contributed by atoms with Crippen LogP contribution in [0.3, 0.4) is 0 Å². The molecule has 1 nitrogen and oxygen atoms in total. The first-order valence-corrected chi connectivity index (χ1v) is 7.58. The summed E-state index contributed by atoms with van der Waals surface area (Å²) in [7, 11) is 0. The van der Waals surface area contributed by atoms with Gasteiger partial charge in [-0.15, -0.1) is 11.3 Å². The van der Waals surface area contributed by atoms with E-state index in [4.69, 9.17) is 5.73 Å². The minimum atomic E-state index is -0.895. The minimum Gasteiger partial charge on any atom is -0.324 e.